The van der Waals surface area contributed by atoms with Crippen LogP contribution in [-0.2, 0) is 17.8 Å². The monoisotopic (exact) mass is 446 g/mol. The van der Waals surface area contributed by atoms with Crippen LogP contribution >= 0.6 is 0 Å². The number of amides is 1. The number of hydrogen-bond donors (Lipinski definition) is 1. The van der Waals surface area contributed by atoms with Crippen LogP contribution in [0.2, 0.25) is 0 Å². The fourth-order valence-corrected chi connectivity index (χ4v) is 3.91. The van der Waals surface area contributed by atoms with E-state index in [1.807, 2.05) is 73.7 Å². The number of anilines is 1. The number of ether oxygens (including phenoxy) is 1. The summed E-state index contributed by atoms with van der Waals surface area (Å²) >= 11 is 0. The van der Waals surface area contributed by atoms with Gasteiger partial charge in [-0.25, -0.2) is 0 Å². The molecule has 1 amide bonds. The van der Waals surface area contributed by atoms with E-state index in [1.54, 1.807) is 6.08 Å². The SMILES string of the molecule is CCc1ccccc1NC(=O)/C(C#N)=C/c1ccc(OCc2c(C)ccc3ccccc23)cc1. The maximum absolute atomic E-state index is 12.7. The molecule has 0 aliphatic heterocycles. The van der Waals surface area contributed by atoms with Gasteiger partial charge in [-0.3, -0.25) is 4.79 Å². The molecule has 0 unspecified atom stereocenters. The minimum absolute atomic E-state index is 0.0472. The second kappa shape index (κ2) is 10.5. The van der Waals surface area contributed by atoms with Crippen molar-refractivity contribution in [1.82, 2.24) is 0 Å². The highest BCUT2D eigenvalue weighted by Gasteiger charge is 2.11. The van der Waals surface area contributed by atoms with Crippen molar-refractivity contribution in [3.63, 3.8) is 0 Å². The summed E-state index contributed by atoms with van der Waals surface area (Å²) in [5, 5.41) is 14.8. The first-order valence-electron chi connectivity index (χ1n) is 11.3. The smallest absolute Gasteiger partial charge is 0.266 e. The summed E-state index contributed by atoms with van der Waals surface area (Å²) in [6.45, 7) is 4.58. The lowest BCUT2D eigenvalue weighted by Crippen LogP contribution is -2.14. The summed E-state index contributed by atoms with van der Waals surface area (Å²) in [7, 11) is 0. The largest absolute Gasteiger partial charge is 0.489 e. The van der Waals surface area contributed by atoms with Gasteiger partial charge in [0.1, 0.15) is 24.0 Å². The van der Waals surface area contributed by atoms with Crippen LogP contribution in [0.5, 0.6) is 5.75 Å². The number of aryl methyl sites for hydroxylation is 2. The van der Waals surface area contributed by atoms with Crippen molar-refractivity contribution in [3.05, 3.63) is 113 Å². The zero-order chi connectivity index (χ0) is 23.9. The number of benzene rings is 4. The van der Waals surface area contributed by atoms with E-state index in [4.69, 9.17) is 4.74 Å². The van der Waals surface area contributed by atoms with Gasteiger partial charge in [-0.05, 0) is 65.1 Å². The van der Waals surface area contributed by atoms with E-state index in [2.05, 4.69) is 36.5 Å². The van der Waals surface area contributed by atoms with Gasteiger partial charge in [0.2, 0.25) is 0 Å². The van der Waals surface area contributed by atoms with Crippen molar-refractivity contribution in [1.29, 1.82) is 5.26 Å². The Balaban J connectivity index is 1.46. The summed E-state index contributed by atoms with van der Waals surface area (Å²) in [5.41, 5.74) is 4.90. The third kappa shape index (κ3) is 5.16. The van der Waals surface area contributed by atoms with E-state index in [1.165, 1.54) is 16.3 Å². The highest BCUT2D eigenvalue weighted by Crippen LogP contribution is 2.24. The van der Waals surface area contributed by atoms with E-state index in [9.17, 15) is 10.1 Å². The van der Waals surface area contributed by atoms with E-state index in [0.29, 0.717) is 6.61 Å². The highest BCUT2D eigenvalue weighted by atomic mass is 16.5. The fourth-order valence-electron chi connectivity index (χ4n) is 3.91. The Hall–Kier alpha value is -4.36. The van der Waals surface area contributed by atoms with Crippen molar-refractivity contribution in [2.24, 2.45) is 0 Å². The number of carbonyl (C=O) groups excluding carboxylic acids is 1. The number of rotatable bonds is 7. The Morgan fingerprint density at radius 1 is 0.971 bits per heavy atom. The Morgan fingerprint density at radius 2 is 1.71 bits per heavy atom. The third-order valence-corrected chi connectivity index (χ3v) is 5.86. The number of nitriles is 1. The zero-order valence-electron chi connectivity index (χ0n) is 19.3. The van der Waals surface area contributed by atoms with Gasteiger partial charge in [0, 0.05) is 11.3 Å². The van der Waals surface area contributed by atoms with E-state index in [-0.39, 0.29) is 5.57 Å². The molecule has 4 heteroatoms. The zero-order valence-corrected chi connectivity index (χ0v) is 19.3. The summed E-state index contributed by atoms with van der Waals surface area (Å²) in [6, 6.07) is 29.5. The Labute approximate surface area is 200 Å². The summed E-state index contributed by atoms with van der Waals surface area (Å²) in [4.78, 5) is 12.7. The first kappa shape index (κ1) is 22.8. The maximum atomic E-state index is 12.7. The van der Waals surface area contributed by atoms with Crippen LogP contribution in [-0.4, -0.2) is 5.91 Å². The van der Waals surface area contributed by atoms with Crippen molar-refractivity contribution >= 4 is 28.4 Å². The molecular weight excluding hydrogens is 420 g/mol. The van der Waals surface area contributed by atoms with Gasteiger partial charge in [-0.15, -0.1) is 0 Å². The van der Waals surface area contributed by atoms with Gasteiger partial charge in [0.25, 0.3) is 5.91 Å². The molecule has 0 atom stereocenters. The Morgan fingerprint density at radius 3 is 2.47 bits per heavy atom. The van der Waals surface area contributed by atoms with Crippen LogP contribution in [0.3, 0.4) is 0 Å². The predicted molar refractivity (Wildman–Crippen MR) is 137 cm³/mol. The molecule has 34 heavy (non-hydrogen) atoms. The lowest BCUT2D eigenvalue weighted by molar-refractivity contribution is -0.112. The molecule has 4 rings (SSSR count). The van der Waals surface area contributed by atoms with Crippen molar-refractivity contribution in [3.8, 4) is 11.8 Å². The van der Waals surface area contributed by atoms with Gasteiger partial charge in [-0.1, -0.05) is 73.7 Å². The summed E-state index contributed by atoms with van der Waals surface area (Å²) in [6.07, 6.45) is 2.38. The average Bonchev–Trinajstić information content (AvgIpc) is 2.87. The van der Waals surface area contributed by atoms with E-state index >= 15 is 0 Å². The normalized spacial score (nSPS) is 11.1. The van der Waals surface area contributed by atoms with Crippen LogP contribution in [0, 0.1) is 18.3 Å². The molecule has 0 saturated carbocycles. The van der Waals surface area contributed by atoms with Crippen molar-refractivity contribution < 1.29 is 9.53 Å². The van der Waals surface area contributed by atoms with Gasteiger partial charge >= 0.3 is 0 Å². The Kier molecular flexibility index (Phi) is 7.05. The topological polar surface area (TPSA) is 62.1 Å². The number of fused-ring (bicyclic) bond motifs is 1. The molecule has 0 heterocycles. The highest BCUT2D eigenvalue weighted by molar-refractivity contribution is 6.10. The number of nitrogens with one attached hydrogen (secondary N) is 1. The molecule has 4 aromatic rings. The average molecular weight is 447 g/mol. The molecule has 0 aliphatic carbocycles. The number of para-hydroxylation sites is 1. The quantitative estimate of drug-likeness (QED) is 0.250. The standard InChI is InChI=1S/C30H26N2O2/c1-3-23-8-5-7-11-29(23)32-30(33)25(19-31)18-22-13-16-26(17-14-22)34-20-28-21(2)12-15-24-9-4-6-10-27(24)28/h4-18H,3,20H2,1-2H3,(H,32,33)/b25-18+. The lowest BCUT2D eigenvalue weighted by atomic mass is 10.0. The molecule has 0 fully saturated rings. The van der Waals surface area contributed by atoms with E-state index < -0.39 is 5.91 Å². The second-order valence-corrected chi connectivity index (χ2v) is 8.07. The molecule has 168 valence electrons. The number of carbonyl (C=O) groups is 1. The lowest BCUT2D eigenvalue weighted by Gasteiger charge is -2.12. The minimum atomic E-state index is -0.421. The number of nitrogens with zero attached hydrogens (tertiary/aromatic N) is 1. The van der Waals surface area contributed by atoms with Gasteiger partial charge in [-0.2, -0.15) is 5.26 Å². The maximum Gasteiger partial charge on any atom is 0.266 e. The van der Waals surface area contributed by atoms with Crippen molar-refractivity contribution in [2.75, 3.05) is 5.32 Å². The van der Waals surface area contributed by atoms with Crippen LogP contribution in [0.1, 0.15) is 29.2 Å². The minimum Gasteiger partial charge on any atom is -0.489 e. The van der Waals surface area contributed by atoms with Gasteiger partial charge in [0.05, 0.1) is 0 Å². The number of hydrogen-bond acceptors (Lipinski definition) is 3. The van der Waals surface area contributed by atoms with E-state index in [0.717, 1.165) is 34.5 Å². The van der Waals surface area contributed by atoms with Crippen LogP contribution in [0.4, 0.5) is 5.69 Å². The molecule has 0 aromatic heterocycles. The summed E-state index contributed by atoms with van der Waals surface area (Å²) < 4.78 is 6.05. The third-order valence-electron chi connectivity index (χ3n) is 5.86. The van der Waals surface area contributed by atoms with Gasteiger partial charge in [0.15, 0.2) is 0 Å². The fraction of sp³-hybridized carbons (Fsp3) is 0.133. The molecule has 0 aliphatic rings. The first-order chi connectivity index (χ1) is 16.6. The molecule has 0 saturated heterocycles. The molecule has 0 radical (unpaired) electrons. The van der Waals surface area contributed by atoms with Crippen molar-refractivity contribution in [2.45, 2.75) is 26.9 Å². The second-order valence-electron chi connectivity index (χ2n) is 8.07. The van der Waals surface area contributed by atoms with Crippen LogP contribution in [0.25, 0.3) is 16.8 Å². The molecule has 0 bridgehead atoms. The Bertz CT molecular complexity index is 1400. The van der Waals surface area contributed by atoms with Gasteiger partial charge < -0.3 is 10.1 Å². The van der Waals surface area contributed by atoms with Crippen LogP contribution in [0.15, 0.2) is 90.5 Å². The molecule has 1 N–H and O–H groups in total. The first-order valence-corrected chi connectivity index (χ1v) is 11.3. The van der Waals surface area contributed by atoms with Crippen LogP contribution < -0.4 is 10.1 Å². The molecule has 4 aromatic carbocycles. The predicted octanol–water partition coefficient (Wildman–Crippen LogP) is 6.84. The summed E-state index contributed by atoms with van der Waals surface area (Å²) in [5.74, 6) is 0.305. The molecule has 4 nitrogen and oxygen atoms in total. The molecule has 0 spiro atoms. The molecular formula is C30H26N2O2.